The van der Waals surface area contributed by atoms with Crippen LogP contribution in [0.2, 0.25) is 5.02 Å². The SMILES string of the molecule is CCc1cccc(-c2n[nH]c3ccc(-c4ncn[nH]4)cc23)c1.CNC(=O)c1cccc(-c2n[nH]c3ccc(-c4ncn[nH]4)cc23)c1.Cc1nc(-c2ccc3[nH]nc(-c4ccc(Cl)cc4)c3c2)n[nH]1.FC(F)(F)Oc1ccc(-c2n[nH]c3ccc(-c4ncn[nH]4)cc23)cc1. The van der Waals surface area contributed by atoms with Crippen molar-refractivity contribution in [2.45, 2.75) is 26.6 Å². The average molecular weight is 1260 g/mol. The summed E-state index contributed by atoms with van der Waals surface area (Å²) >= 11 is 5.95. The van der Waals surface area contributed by atoms with Gasteiger partial charge in [-0.2, -0.15) is 40.8 Å². The van der Waals surface area contributed by atoms with E-state index in [-0.39, 0.29) is 11.7 Å². The summed E-state index contributed by atoms with van der Waals surface area (Å²) in [7, 11) is 1.61. The molecule has 8 heterocycles. The number of nitrogens with one attached hydrogen (secondary N) is 9. The van der Waals surface area contributed by atoms with E-state index >= 15 is 0 Å². The minimum atomic E-state index is -4.72. The quantitative estimate of drug-likeness (QED) is 0.0582. The molecule has 8 aromatic heterocycles. The monoisotopic (exact) mass is 1260 g/mol. The zero-order valence-corrected chi connectivity index (χ0v) is 50.1. The highest BCUT2D eigenvalue weighted by molar-refractivity contribution is 6.30. The first kappa shape index (κ1) is 59.5. The number of carbonyl (C=O) groups is 1. The predicted octanol–water partition coefficient (Wildman–Crippen LogP) is 13.8. The van der Waals surface area contributed by atoms with Crippen LogP contribution in [-0.4, -0.2) is 121 Å². The molecule has 0 unspecified atom stereocenters. The minimum Gasteiger partial charge on any atom is -0.406 e. The summed E-state index contributed by atoms with van der Waals surface area (Å²) in [5, 5.41) is 64.1. The lowest BCUT2D eigenvalue weighted by Gasteiger charge is -2.08. The first-order chi connectivity index (χ1) is 45.3. The van der Waals surface area contributed by atoms with Gasteiger partial charge in [0.2, 0.25) is 0 Å². The second kappa shape index (κ2) is 25.9. The molecule has 23 nitrogen and oxygen atoms in total. The van der Waals surface area contributed by atoms with Gasteiger partial charge in [0.1, 0.15) is 30.6 Å². The summed E-state index contributed by atoms with van der Waals surface area (Å²) in [6, 6.07) is 52.7. The van der Waals surface area contributed by atoms with Gasteiger partial charge in [-0.3, -0.25) is 45.6 Å². The third kappa shape index (κ3) is 13.2. The van der Waals surface area contributed by atoms with Crippen molar-refractivity contribution in [2.75, 3.05) is 7.05 Å². The van der Waals surface area contributed by atoms with Crippen molar-refractivity contribution in [1.82, 2.24) is 107 Å². The van der Waals surface area contributed by atoms with E-state index in [9.17, 15) is 18.0 Å². The summed E-state index contributed by atoms with van der Waals surface area (Å²) in [6.45, 7) is 4.04. The number of aromatic amines is 8. The smallest absolute Gasteiger partial charge is 0.406 e. The van der Waals surface area contributed by atoms with Crippen LogP contribution in [0.4, 0.5) is 13.2 Å². The number of aromatic nitrogens is 20. The Bertz CT molecular complexity index is 5210. The molecule has 0 atom stereocenters. The molecule has 8 aromatic carbocycles. The number of amides is 1. The number of carbonyl (C=O) groups excluding carboxylic acids is 1. The molecule has 0 aliphatic heterocycles. The summed E-state index contributed by atoms with van der Waals surface area (Å²) in [5.74, 6) is 3.14. The van der Waals surface area contributed by atoms with Crippen molar-refractivity contribution >= 4 is 61.1 Å². The number of halogens is 4. The van der Waals surface area contributed by atoms with E-state index in [2.05, 4.69) is 149 Å². The normalized spacial score (nSPS) is 11.3. The second-order valence-corrected chi connectivity index (χ2v) is 21.3. The zero-order valence-electron chi connectivity index (χ0n) is 49.3. The number of benzene rings is 8. The maximum absolute atomic E-state index is 12.2. The van der Waals surface area contributed by atoms with Crippen molar-refractivity contribution < 1.29 is 22.7 Å². The van der Waals surface area contributed by atoms with E-state index < -0.39 is 6.36 Å². The molecule has 0 aliphatic rings. The number of hydrogen-bond donors (Lipinski definition) is 9. The molecule has 9 N–H and O–H groups in total. The van der Waals surface area contributed by atoms with Crippen molar-refractivity contribution in [3.63, 3.8) is 0 Å². The van der Waals surface area contributed by atoms with Crippen LogP contribution >= 0.6 is 11.6 Å². The molecule has 16 aromatic rings. The molecule has 93 heavy (non-hydrogen) atoms. The molecule has 0 aliphatic carbocycles. The molecule has 0 spiro atoms. The summed E-state index contributed by atoms with van der Waals surface area (Å²) in [6.07, 6.45) is 0.699. The fraction of sp³-hybridized carbons (Fsp3) is 0.0758. The number of nitrogens with zero attached hydrogens (tertiary/aromatic N) is 12. The molecule has 0 fully saturated rings. The maximum atomic E-state index is 12.2. The first-order valence-corrected chi connectivity index (χ1v) is 29.1. The molecule has 0 bridgehead atoms. The van der Waals surface area contributed by atoms with Gasteiger partial charge in [0, 0.05) is 83.7 Å². The van der Waals surface area contributed by atoms with E-state index in [0.717, 1.165) is 118 Å². The lowest BCUT2D eigenvalue weighted by molar-refractivity contribution is -0.274. The predicted molar refractivity (Wildman–Crippen MR) is 347 cm³/mol. The van der Waals surface area contributed by atoms with Gasteiger partial charge in [0.05, 0.1) is 44.8 Å². The largest absolute Gasteiger partial charge is 0.573 e. The van der Waals surface area contributed by atoms with Crippen molar-refractivity contribution in [1.29, 1.82) is 0 Å². The van der Waals surface area contributed by atoms with Gasteiger partial charge in [0.25, 0.3) is 5.91 Å². The zero-order chi connectivity index (χ0) is 64.0. The maximum Gasteiger partial charge on any atom is 0.573 e. The van der Waals surface area contributed by atoms with E-state index in [1.165, 1.54) is 48.8 Å². The lowest BCUT2D eigenvalue weighted by Crippen LogP contribution is -2.17. The highest BCUT2D eigenvalue weighted by Crippen LogP contribution is 2.35. The van der Waals surface area contributed by atoms with Gasteiger partial charge in [-0.25, -0.2) is 19.9 Å². The molecule has 0 saturated carbocycles. The number of hydrogen-bond acceptors (Lipinski definition) is 14. The third-order valence-corrected chi connectivity index (χ3v) is 15.1. The van der Waals surface area contributed by atoms with Gasteiger partial charge < -0.3 is 10.1 Å². The van der Waals surface area contributed by atoms with Crippen molar-refractivity contribution in [2.24, 2.45) is 0 Å². The Morgan fingerprint density at radius 3 is 1.31 bits per heavy atom. The fourth-order valence-electron chi connectivity index (χ4n) is 10.3. The topological polar surface area (TPSA) is 319 Å². The molecule has 1 amide bonds. The number of alkyl halides is 3. The highest BCUT2D eigenvalue weighted by atomic mass is 35.5. The second-order valence-electron chi connectivity index (χ2n) is 20.9. The van der Waals surface area contributed by atoms with Gasteiger partial charge in [-0.15, -0.1) is 13.2 Å². The number of ether oxygens (including phenoxy) is 1. The molecule has 0 radical (unpaired) electrons. The average Bonchev–Trinajstić information content (AvgIpc) is 1.72. The molecule has 27 heteroatoms. The van der Waals surface area contributed by atoms with E-state index in [0.29, 0.717) is 39.3 Å². The molecule has 16 rings (SSSR count). The summed E-state index contributed by atoms with van der Waals surface area (Å²) < 4.78 is 40.6. The Balaban J connectivity index is 0.000000113. The van der Waals surface area contributed by atoms with Gasteiger partial charge in [0.15, 0.2) is 23.3 Å². The van der Waals surface area contributed by atoms with E-state index in [1.54, 1.807) is 13.1 Å². The minimum absolute atomic E-state index is 0.126. The van der Waals surface area contributed by atoms with Crippen LogP contribution in [0.15, 0.2) is 189 Å². The van der Waals surface area contributed by atoms with E-state index in [4.69, 9.17) is 11.6 Å². The number of rotatable bonds is 11. The van der Waals surface area contributed by atoms with Gasteiger partial charge >= 0.3 is 6.36 Å². The van der Waals surface area contributed by atoms with Crippen LogP contribution in [0, 0.1) is 6.92 Å². The third-order valence-electron chi connectivity index (χ3n) is 14.9. The van der Waals surface area contributed by atoms with Gasteiger partial charge in [-0.05, 0) is 146 Å². The molecule has 460 valence electrons. The van der Waals surface area contributed by atoms with Crippen LogP contribution in [0.3, 0.4) is 0 Å². The first-order valence-electron chi connectivity index (χ1n) is 28.7. The number of fused-ring (bicyclic) bond motifs is 4. The Hall–Kier alpha value is -12.5. The summed E-state index contributed by atoms with van der Waals surface area (Å²) in [4.78, 5) is 28.7. The van der Waals surface area contributed by atoms with Crippen LogP contribution in [0.1, 0.15) is 28.7 Å². The van der Waals surface area contributed by atoms with Crippen LogP contribution in [0.25, 0.3) is 134 Å². The lowest BCUT2D eigenvalue weighted by atomic mass is 10.0. The van der Waals surface area contributed by atoms with Crippen molar-refractivity contribution in [3.05, 3.63) is 211 Å². The Morgan fingerprint density at radius 2 is 0.892 bits per heavy atom. The fourth-order valence-corrected chi connectivity index (χ4v) is 10.5. The number of aryl methyl sites for hydroxylation is 2. The molecular formula is C66H51ClF3N21O2. The van der Waals surface area contributed by atoms with Crippen LogP contribution in [0.5, 0.6) is 5.75 Å². The molecule has 0 saturated heterocycles. The van der Waals surface area contributed by atoms with E-state index in [1.807, 2.05) is 116 Å². The standard InChI is InChI=1S/C17H14N6O.C17H15N5.C16H12ClN5.C16H10F3N5O/c1-18-17(24)12-4-2-3-10(7-12)15-13-8-11(16-19-9-20-23-16)5-6-14(13)21-22-15;1-2-11-4-3-5-12(8-11)16-14-9-13(17-18-10-19-22-17)6-7-15(14)20-21-16;1-9-18-16(22-19-9)11-4-7-14-13(8-11)15(21-20-14)10-2-5-12(17)6-3-10;17-16(18,19)25-11-4-1-9(2-5-11)14-12-7-10(15-20-8-21-24-15)3-6-13(12)22-23-14/h2-9H,1H3,(H,18,24)(H,21,22)(H,19,20,23);3-10H,2H2,1H3,(H,20,21)(H,18,19,22);2-8H,1H3,(H,20,21)(H,18,19,22);1-8H,(H,22,23)(H,20,21,24). The van der Waals surface area contributed by atoms with Crippen molar-refractivity contribution in [3.8, 4) is 96.3 Å². The van der Waals surface area contributed by atoms with Crippen LogP contribution in [-0.2, 0) is 6.42 Å². The number of H-pyrrole nitrogens is 8. The summed E-state index contributed by atoms with van der Waals surface area (Å²) in [5.41, 5.74) is 16.2. The Morgan fingerprint density at radius 1 is 0.473 bits per heavy atom. The van der Waals surface area contributed by atoms with Crippen LogP contribution < -0.4 is 10.1 Å². The highest BCUT2D eigenvalue weighted by Gasteiger charge is 2.31. The Kier molecular flexibility index (Phi) is 16.6. The molecular weight excluding hydrogens is 1210 g/mol. The van der Waals surface area contributed by atoms with Gasteiger partial charge in [-0.1, -0.05) is 61.0 Å². The Labute approximate surface area is 529 Å².